The van der Waals surface area contributed by atoms with Gasteiger partial charge in [0.1, 0.15) is 0 Å². The van der Waals surface area contributed by atoms with Gasteiger partial charge in [-0.1, -0.05) is 23.7 Å². The minimum absolute atomic E-state index is 0.0963. The van der Waals surface area contributed by atoms with E-state index < -0.39 is 0 Å². The first-order valence-corrected chi connectivity index (χ1v) is 8.94. The van der Waals surface area contributed by atoms with Crippen molar-refractivity contribution in [1.29, 1.82) is 0 Å². The van der Waals surface area contributed by atoms with Gasteiger partial charge in [0.2, 0.25) is 5.91 Å². The Bertz CT molecular complexity index is 852. The van der Waals surface area contributed by atoms with Crippen LogP contribution in [0.1, 0.15) is 17.7 Å². The van der Waals surface area contributed by atoms with Gasteiger partial charge in [-0.3, -0.25) is 14.2 Å². The van der Waals surface area contributed by atoms with Gasteiger partial charge in [-0.2, -0.15) is 10.2 Å². The van der Waals surface area contributed by atoms with E-state index in [0.717, 1.165) is 15.7 Å². The van der Waals surface area contributed by atoms with Crippen LogP contribution in [0, 0.1) is 6.92 Å². The fourth-order valence-corrected chi connectivity index (χ4v) is 2.76. The molecule has 0 aliphatic rings. The van der Waals surface area contributed by atoms with Crippen molar-refractivity contribution in [2.75, 3.05) is 5.32 Å². The second kappa shape index (κ2) is 7.84. The number of benzene rings is 1. The van der Waals surface area contributed by atoms with Gasteiger partial charge in [-0.25, -0.2) is 0 Å². The Hall–Kier alpha value is -2.12. The van der Waals surface area contributed by atoms with E-state index >= 15 is 0 Å². The summed E-state index contributed by atoms with van der Waals surface area (Å²) in [7, 11) is 0. The Morgan fingerprint density at radius 2 is 1.96 bits per heavy atom. The number of carbonyl (C=O) groups excluding carboxylic acids is 1. The highest BCUT2D eigenvalue weighted by molar-refractivity contribution is 9.10. The molecule has 0 bridgehead atoms. The molecule has 2 heterocycles. The molecule has 2 aromatic heterocycles. The number of anilines is 1. The van der Waals surface area contributed by atoms with E-state index in [1.54, 1.807) is 15.4 Å². The van der Waals surface area contributed by atoms with Gasteiger partial charge < -0.3 is 5.32 Å². The summed E-state index contributed by atoms with van der Waals surface area (Å²) in [6.07, 6.45) is 4.03. The number of hydrogen-bond acceptors (Lipinski definition) is 3. The van der Waals surface area contributed by atoms with Gasteiger partial charge in [0.25, 0.3) is 0 Å². The van der Waals surface area contributed by atoms with Crippen LogP contribution in [0.5, 0.6) is 0 Å². The Morgan fingerprint density at radius 3 is 2.64 bits per heavy atom. The number of aryl methyl sites for hydroxylation is 2. The quantitative estimate of drug-likeness (QED) is 0.655. The highest BCUT2D eigenvalue weighted by Gasteiger charge is 2.08. The number of rotatable bonds is 6. The lowest BCUT2D eigenvalue weighted by molar-refractivity contribution is -0.116. The number of aromatic nitrogens is 4. The molecule has 0 unspecified atom stereocenters. The molecule has 1 amide bonds. The molecule has 6 nitrogen and oxygen atoms in total. The topological polar surface area (TPSA) is 64.7 Å². The fraction of sp³-hybridized carbons (Fsp3) is 0.235. The van der Waals surface area contributed by atoms with E-state index in [1.807, 2.05) is 43.6 Å². The van der Waals surface area contributed by atoms with Gasteiger partial charge in [0.05, 0.1) is 16.7 Å². The number of nitrogens with one attached hydrogen (secondary N) is 1. The second-order valence-electron chi connectivity index (χ2n) is 5.65. The van der Waals surface area contributed by atoms with Crippen molar-refractivity contribution in [2.24, 2.45) is 0 Å². The van der Waals surface area contributed by atoms with Crippen molar-refractivity contribution in [3.8, 4) is 0 Å². The first-order chi connectivity index (χ1) is 12.0. The predicted molar refractivity (Wildman–Crippen MR) is 101 cm³/mol. The monoisotopic (exact) mass is 421 g/mol. The van der Waals surface area contributed by atoms with Crippen LogP contribution in [0.25, 0.3) is 0 Å². The lowest BCUT2D eigenvalue weighted by Gasteiger charge is -2.04. The molecular formula is C17H17BrClN5O. The van der Waals surface area contributed by atoms with E-state index in [1.165, 1.54) is 0 Å². The van der Waals surface area contributed by atoms with Crippen molar-refractivity contribution in [3.05, 3.63) is 63.5 Å². The summed E-state index contributed by atoms with van der Waals surface area (Å²) in [6, 6.07) is 9.37. The van der Waals surface area contributed by atoms with Crippen LogP contribution in [0.4, 0.5) is 5.82 Å². The summed E-state index contributed by atoms with van der Waals surface area (Å²) in [4.78, 5) is 12.1. The van der Waals surface area contributed by atoms with E-state index in [2.05, 4.69) is 31.4 Å². The molecule has 0 atom stereocenters. The fourth-order valence-electron chi connectivity index (χ4n) is 2.32. The zero-order chi connectivity index (χ0) is 17.8. The highest BCUT2D eigenvalue weighted by atomic mass is 79.9. The van der Waals surface area contributed by atoms with Crippen molar-refractivity contribution < 1.29 is 4.79 Å². The molecule has 130 valence electrons. The number of nitrogens with zero attached hydrogens (tertiary/aromatic N) is 4. The Morgan fingerprint density at radius 1 is 1.20 bits per heavy atom. The molecule has 0 saturated carbocycles. The molecule has 3 rings (SSSR count). The number of halogens is 2. The van der Waals surface area contributed by atoms with E-state index in [4.69, 9.17) is 11.6 Å². The van der Waals surface area contributed by atoms with Gasteiger partial charge in [-0.15, -0.1) is 0 Å². The van der Waals surface area contributed by atoms with Crippen molar-refractivity contribution in [3.63, 3.8) is 0 Å². The third kappa shape index (κ3) is 4.93. The third-order valence-electron chi connectivity index (χ3n) is 3.62. The molecule has 3 aromatic rings. The molecule has 0 aliphatic heterocycles. The summed E-state index contributed by atoms with van der Waals surface area (Å²) >= 11 is 9.29. The molecule has 8 heteroatoms. The van der Waals surface area contributed by atoms with E-state index in [-0.39, 0.29) is 5.91 Å². The smallest absolute Gasteiger partial charge is 0.227 e. The van der Waals surface area contributed by atoms with Gasteiger partial charge in [-0.05, 0) is 40.5 Å². The van der Waals surface area contributed by atoms with Crippen LogP contribution < -0.4 is 5.32 Å². The summed E-state index contributed by atoms with van der Waals surface area (Å²) < 4.78 is 4.46. The lowest BCUT2D eigenvalue weighted by atomic mass is 10.2. The van der Waals surface area contributed by atoms with Crippen LogP contribution in [0.2, 0.25) is 5.02 Å². The molecule has 0 fully saturated rings. The maximum atomic E-state index is 12.1. The zero-order valence-electron chi connectivity index (χ0n) is 13.6. The van der Waals surface area contributed by atoms with Crippen LogP contribution in [0.3, 0.4) is 0 Å². The van der Waals surface area contributed by atoms with Gasteiger partial charge in [0, 0.05) is 36.4 Å². The molecule has 0 aliphatic carbocycles. The molecule has 1 N–H and O–H groups in total. The molecule has 0 spiro atoms. The van der Waals surface area contributed by atoms with E-state index in [0.29, 0.717) is 30.4 Å². The molecule has 0 saturated heterocycles. The lowest BCUT2D eigenvalue weighted by Crippen LogP contribution is -2.15. The summed E-state index contributed by atoms with van der Waals surface area (Å²) in [5, 5.41) is 12.2. The largest absolute Gasteiger partial charge is 0.309 e. The zero-order valence-corrected chi connectivity index (χ0v) is 16.0. The van der Waals surface area contributed by atoms with Crippen molar-refractivity contribution in [1.82, 2.24) is 19.6 Å². The molecule has 25 heavy (non-hydrogen) atoms. The molecule has 1 aromatic carbocycles. The SMILES string of the molecule is Cc1nn(CCC(=O)Nc2ccn(Cc3ccc(Cl)cc3)n2)cc1Br. The van der Waals surface area contributed by atoms with Gasteiger partial charge >= 0.3 is 0 Å². The minimum atomic E-state index is -0.0963. The first-order valence-electron chi connectivity index (χ1n) is 7.77. The summed E-state index contributed by atoms with van der Waals surface area (Å²) in [5.41, 5.74) is 1.99. The normalized spacial score (nSPS) is 10.8. The predicted octanol–water partition coefficient (Wildman–Crippen LogP) is 3.88. The average molecular weight is 423 g/mol. The molecular weight excluding hydrogens is 406 g/mol. The van der Waals surface area contributed by atoms with Crippen LogP contribution in [-0.4, -0.2) is 25.5 Å². The van der Waals surface area contributed by atoms with E-state index in [9.17, 15) is 4.79 Å². The Labute approximate surface area is 158 Å². The van der Waals surface area contributed by atoms with Crippen LogP contribution >= 0.6 is 27.5 Å². The Kier molecular flexibility index (Phi) is 5.55. The number of hydrogen-bond donors (Lipinski definition) is 1. The maximum Gasteiger partial charge on any atom is 0.227 e. The summed E-state index contributed by atoms with van der Waals surface area (Å²) in [5.74, 6) is 0.442. The van der Waals surface area contributed by atoms with Crippen molar-refractivity contribution in [2.45, 2.75) is 26.4 Å². The van der Waals surface area contributed by atoms with Crippen molar-refractivity contribution >= 4 is 39.3 Å². The maximum absolute atomic E-state index is 12.1. The minimum Gasteiger partial charge on any atom is -0.309 e. The number of carbonyl (C=O) groups is 1. The highest BCUT2D eigenvalue weighted by Crippen LogP contribution is 2.14. The van der Waals surface area contributed by atoms with Crippen LogP contribution in [-0.2, 0) is 17.9 Å². The average Bonchev–Trinajstić information content (AvgIpc) is 3.14. The third-order valence-corrected chi connectivity index (χ3v) is 4.65. The number of amides is 1. The molecule has 0 radical (unpaired) electrons. The Balaban J connectivity index is 1.51. The van der Waals surface area contributed by atoms with Crippen LogP contribution in [0.15, 0.2) is 47.2 Å². The second-order valence-corrected chi connectivity index (χ2v) is 6.94. The first kappa shape index (κ1) is 17.7. The van der Waals surface area contributed by atoms with Gasteiger partial charge in [0.15, 0.2) is 5.82 Å². The summed E-state index contributed by atoms with van der Waals surface area (Å²) in [6.45, 7) is 3.05. The standard InChI is InChI=1S/C17H17BrClN5O/c1-12-15(18)11-24(21-12)9-7-17(25)20-16-6-8-23(22-16)10-13-2-4-14(19)5-3-13/h2-6,8,11H,7,9-10H2,1H3,(H,20,22,25).